The fourth-order valence-electron chi connectivity index (χ4n) is 1.66. The fraction of sp³-hybridized carbons (Fsp3) is 0.364. The maximum Gasteiger partial charge on any atom is 0.252 e. The predicted octanol–water partition coefficient (Wildman–Crippen LogP) is 1.52. The highest BCUT2D eigenvalue weighted by atomic mass is 35.5. The lowest BCUT2D eigenvalue weighted by molar-refractivity contribution is 0.0932. The van der Waals surface area contributed by atoms with E-state index in [4.69, 9.17) is 11.6 Å². The van der Waals surface area contributed by atoms with E-state index in [2.05, 4.69) is 30.9 Å². The number of hydrogen-bond donors (Lipinski definition) is 2. The van der Waals surface area contributed by atoms with Gasteiger partial charge in [-0.25, -0.2) is 4.98 Å². The van der Waals surface area contributed by atoms with Gasteiger partial charge in [-0.1, -0.05) is 30.2 Å². The topological polar surface area (TPSA) is 96.5 Å². The van der Waals surface area contributed by atoms with Gasteiger partial charge in [-0.2, -0.15) is 5.21 Å². The molecular weight excluding hydrogens is 268 g/mol. The molecule has 2 aromatic heterocycles. The van der Waals surface area contributed by atoms with E-state index in [0.717, 1.165) is 12.8 Å². The molecule has 0 aromatic carbocycles. The van der Waals surface area contributed by atoms with Crippen molar-refractivity contribution in [2.24, 2.45) is 0 Å². The number of aromatic nitrogens is 5. The molecule has 0 saturated heterocycles. The minimum atomic E-state index is -0.275. The quantitative estimate of drug-likeness (QED) is 0.810. The Bertz CT molecular complexity index is 544. The van der Waals surface area contributed by atoms with Crippen molar-refractivity contribution in [3.05, 3.63) is 34.9 Å². The molecule has 0 unspecified atom stereocenters. The van der Waals surface area contributed by atoms with E-state index >= 15 is 0 Å². The lowest BCUT2D eigenvalue weighted by Crippen LogP contribution is -2.29. The summed E-state index contributed by atoms with van der Waals surface area (Å²) in [5.41, 5.74) is 0.449. The molecule has 0 fully saturated rings. The standard InChI is InChI=1S/C11H13ClN6O/c1-2-3-8(10-15-17-18-16-10)14-11(19)7-4-5-13-9(12)6-7/h4-6,8H,2-3H2,1H3,(H,14,19)(H,15,16,17,18)/t8-/m0/s1. The van der Waals surface area contributed by atoms with Crippen LogP contribution in [-0.4, -0.2) is 31.5 Å². The number of pyridine rings is 1. The second kappa shape index (κ2) is 6.24. The van der Waals surface area contributed by atoms with Gasteiger partial charge in [-0.3, -0.25) is 4.79 Å². The van der Waals surface area contributed by atoms with Gasteiger partial charge in [0.2, 0.25) is 0 Å². The molecule has 0 saturated carbocycles. The molecule has 2 rings (SSSR count). The number of tetrazole rings is 1. The van der Waals surface area contributed by atoms with Crippen molar-refractivity contribution in [2.45, 2.75) is 25.8 Å². The third-order valence-electron chi connectivity index (χ3n) is 2.54. The van der Waals surface area contributed by atoms with Crippen LogP contribution >= 0.6 is 11.6 Å². The third kappa shape index (κ3) is 3.47. The molecule has 1 amide bonds. The predicted molar refractivity (Wildman–Crippen MR) is 68.5 cm³/mol. The van der Waals surface area contributed by atoms with Gasteiger partial charge in [0.1, 0.15) is 5.15 Å². The Kier molecular flexibility index (Phi) is 4.40. The van der Waals surface area contributed by atoms with E-state index in [0.29, 0.717) is 11.4 Å². The van der Waals surface area contributed by atoms with E-state index in [9.17, 15) is 4.79 Å². The first kappa shape index (κ1) is 13.4. The number of aromatic amines is 1. The van der Waals surface area contributed by atoms with Crippen LogP contribution < -0.4 is 5.32 Å². The summed E-state index contributed by atoms with van der Waals surface area (Å²) in [4.78, 5) is 15.9. The summed E-state index contributed by atoms with van der Waals surface area (Å²) in [7, 11) is 0. The van der Waals surface area contributed by atoms with Crippen molar-refractivity contribution in [3.63, 3.8) is 0 Å². The normalized spacial score (nSPS) is 12.1. The largest absolute Gasteiger partial charge is 0.342 e. The zero-order valence-electron chi connectivity index (χ0n) is 10.3. The van der Waals surface area contributed by atoms with Crippen molar-refractivity contribution in [1.82, 2.24) is 30.9 Å². The minimum absolute atomic E-state index is 0.243. The maximum atomic E-state index is 12.1. The van der Waals surface area contributed by atoms with Crippen LogP contribution in [0.3, 0.4) is 0 Å². The Labute approximate surface area is 114 Å². The first-order valence-electron chi connectivity index (χ1n) is 5.86. The van der Waals surface area contributed by atoms with Crippen molar-refractivity contribution in [3.8, 4) is 0 Å². The minimum Gasteiger partial charge on any atom is -0.342 e. The Balaban J connectivity index is 2.11. The summed E-state index contributed by atoms with van der Waals surface area (Å²) in [6.07, 6.45) is 3.10. The first-order valence-corrected chi connectivity index (χ1v) is 6.24. The van der Waals surface area contributed by atoms with Crippen molar-refractivity contribution in [2.75, 3.05) is 0 Å². The number of hydrogen-bond acceptors (Lipinski definition) is 5. The molecule has 100 valence electrons. The molecule has 0 aliphatic carbocycles. The molecular formula is C11H13ClN6O. The summed E-state index contributed by atoms with van der Waals surface area (Å²) in [6.45, 7) is 2.02. The molecule has 7 nitrogen and oxygen atoms in total. The van der Waals surface area contributed by atoms with Crippen LogP contribution in [0.5, 0.6) is 0 Å². The van der Waals surface area contributed by atoms with Crippen molar-refractivity contribution < 1.29 is 4.79 Å². The van der Waals surface area contributed by atoms with E-state index in [1.165, 1.54) is 12.3 Å². The fourth-order valence-corrected chi connectivity index (χ4v) is 1.83. The molecule has 0 spiro atoms. The SMILES string of the molecule is CCC[C@H](NC(=O)c1ccnc(Cl)c1)c1nn[nH]n1. The lowest BCUT2D eigenvalue weighted by Gasteiger charge is -2.14. The van der Waals surface area contributed by atoms with E-state index in [1.54, 1.807) is 6.07 Å². The molecule has 0 aliphatic rings. The molecule has 0 aliphatic heterocycles. The van der Waals surface area contributed by atoms with Crippen LogP contribution in [0.2, 0.25) is 5.15 Å². The van der Waals surface area contributed by atoms with Gasteiger partial charge in [0.25, 0.3) is 5.91 Å². The molecule has 2 heterocycles. The molecule has 19 heavy (non-hydrogen) atoms. The number of nitrogens with one attached hydrogen (secondary N) is 2. The van der Waals surface area contributed by atoms with Crippen LogP contribution in [0.4, 0.5) is 0 Å². The molecule has 0 radical (unpaired) electrons. The van der Waals surface area contributed by atoms with Gasteiger partial charge in [-0.15, -0.1) is 10.2 Å². The second-order valence-electron chi connectivity index (χ2n) is 3.95. The molecule has 1 atom stereocenters. The number of carbonyl (C=O) groups is 1. The second-order valence-corrected chi connectivity index (χ2v) is 4.34. The van der Waals surface area contributed by atoms with Crippen LogP contribution in [0.15, 0.2) is 18.3 Å². The number of carbonyl (C=O) groups excluding carboxylic acids is 1. The number of amides is 1. The van der Waals surface area contributed by atoms with E-state index in [1.807, 2.05) is 6.92 Å². The Morgan fingerprint density at radius 2 is 2.42 bits per heavy atom. The third-order valence-corrected chi connectivity index (χ3v) is 2.75. The highest BCUT2D eigenvalue weighted by Gasteiger charge is 2.18. The van der Waals surface area contributed by atoms with Crippen molar-refractivity contribution in [1.29, 1.82) is 0 Å². The molecule has 0 bridgehead atoms. The summed E-state index contributed by atoms with van der Waals surface area (Å²) >= 11 is 5.76. The average Bonchev–Trinajstić information content (AvgIpc) is 2.92. The number of nitrogens with zero attached hydrogens (tertiary/aromatic N) is 4. The summed E-state index contributed by atoms with van der Waals surface area (Å²) < 4.78 is 0. The Morgan fingerprint density at radius 3 is 3.05 bits per heavy atom. The monoisotopic (exact) mass is 280 g/mol. The summed E-state index contributed by atoms with van der Waals surface area (Å²) in [5.74, 6) is 0.225. The zero-order chi connectivity index (χ0) is 13.7. The first-order chi connectivity index (χ1) is 9.20. The van der Waals surface area contributed by atoms with Gasteiger partial charge < -0.3 is 5.32 Å². The number of H-pyrrole nitrogens is 1. The number of halogens is 1. The lowest BCUT2D eigenvalue weighted by atomic mass is 10.1. The molecule has 8 heteroatoms. The Hall–Kier alpha value is -2.02. The molecule has 2 aromatic rings. The van der Waals surface area contributed by atoms with Gasteiger partial charge in [-0.05, 0) is 18.6 Å². The van der Waals surface area contributed by atoms with E-state index in [-0.39, 0.29) is 17.1 Å². The smallest absolute Gasteiger partial charge is 0.252 e. The Morgan fingerprint density at radius 1 is 1.58 bits per heavy atom. The van der Waals surface area contributed by atoms with Gasteiger partial charge in [0.15, 0.2) is 5.82 Å². The van der Waals surface area contributed by atoms with Crippen LogP contribution in [-0.2, 0) is 0 Å². The highest BCUT2D eigenvalue weighted by Crippen LogP contribution is 2.15. The van der Waals surface area contributed by atoms with E-state index < -0.39 is 0 Å². The number of rotatable bonds is 5. The maximum absolute atomic E-state index is 12.1. The van der Waals surface area contributed by atoms with Crippen LogP contribution in [0.1, 0.15) is 42.0 Å². The summed E-state index contributed by atoms with van der Waals surface area (Å²) in [6, 6.07) is 2.83. The van der Waals surface area contributed by atoms with Gasteiger partial charge in [0, 0.05) is 11.8 Å². The zero-order valence-corrected chi connectivity index (χ0v) is 11.1. The van der Waals surface area contributed by atoms with Crippen LogP contribution in [0, 0.1) is 0 Å². The van der Waals surface area contributed by atoms with Crippen LogP contribution in [0.25, 0.3) is 0 Å². The average molecular weight is 281 g/mol. The molecule has 2 N–H and O–H groups in total. The summed E-state index contributed by atoms with van der Waals surface area (Å²) in [5, 5.41) is 16.8. The van der Waals surface area contributed by atoms with Crippen molar-refractivity contribution >= 4 is 17.5 Å². The highest BCUT2D eigenvalue weighted by molar-refractivity contribution is 6.29. The van der Waals surface area contributed by atoms with Gasteiger partial charge in [0.05, 0.1) is 6.04 Å². The van der Waals surface area contributed by atoms with Gasteiger partial charge >= 0.3 is 0 Å².